The molecule has 1 aromatic heterocycles. The number of benzene rings is 1. The molecule has 6 nitrogen and oxygen atoms in total. The van der Waals surface area contributed by atoms with Crippen molar-refractivity contribution >= 4 is 11.9 Å². The van der Waals surface area contributed by atoms with Crippen LogP contribution in [0.15, 0.2) is 30.3 Å². The summed E-state index contributed by atoms with van der Waals surface area (Å²) in [6.07, 6.45) is 6.74. The maximum Gasteiger partial charge on any atom is 0.270 e. The van der Waals surface area contributed by atoms with Crippen molar-refractivity contribution < 1.29 is 9.53 Å². The topological polar surface area (TPSA) is 76.1 Å². The monoisotopic (exact) mass is 368 g/mol. The number of anilines is 1. The minimum absolute atomic E-state index is 0.179. The average molecular weight is 368 g/mol. The summed E-state index contributed by atoms with van der Waals surface area (Å²) >= 11 is 0. The van der Waals surface area contributed by atoms with Gasteiger partial charge in [-0.1, -0.05) is 37.5 Å². The van der Waals surface area contributed by atoms with Crippen LogP contribution in [0.4, 0.5) is 5.95 Å². The first kappa shape index (κ1) is 19.1. The number of hydrogen-bond donors (Lipinski definition) is 2. The van der Waals surface area contributed by atoms with E-state index < -0.39 is 0 Å². The van der Waals surface area contributed by atoms with Gasteiger partial charge in [0.1, 0.15) is 11.4 Å². The molecule has 0 bridgehead atoms. The highest BCUT2D eigenvalue weighted by atomic mass is 16.5. The van der Waals surface area contributed by atoms with E-state index in [-0.39, 0.29) is 5.91 Å². The summed E-state index contributed by atoms with van der Waals surface area (Å²) < 4.78 is 5.35. The van der Waals surface area contributed by atoms with Gasteiger partial charge in [0, 0.05) is 18.3 Å². The normalized spacial score (nSPS) is 14.6. The number of carbonyl (C=O) groups is 1. The molecule has 27 heavy (non-hydrogen) atoms. The first-order valence-corrected chi connectivity index (χ1v) is 9.68. The molecule has 6 heteroatoms. The minimum atomic E-state index is -0.179. The molecule has 1 fully saturated rings. The van der Waals surface area contributed by atoms with Gasteiger partial charge in [0.15, 0.2) is 0 Å². The number of aryl methyl sites for hydroxylation is 1. The second-order valence-electron chi connectivity index (χ2n) is 7.02. The maximum atomic E-state index is 12.5. The van der Waals surface area contributed by atoms with Crippen LogP contribution in [0.1, 0.15) is 53.8 Å². The van der Waals surface area contributed by atoms with E-state index in [1.54, 1.807) is 13.2 Å². The van der Waals surface area contributed by atoms with Crippen LogP contribution in [0.5, 0.6) is 5.75 Å². The van der Waals surface area contributed by atoms with Crippen molar-refractivity contribution in [3.63, 3.8) is 0 Å². The van der Waals surface area contributed by atoms with Gasteiger partial charge in [-0.05, 0) is 43.9 Å². The molecule has 2 N–H and O–H groups in total. The van der Waals surface area contributed by atoms with E-state index in [0.29, 0.717) is 30.6 Å². The van der Waals surface area contributed by atoms with Crippen LogP contribution in [0.3, 0.4) is 0 Å². The van der Waals surface area contributed by atoms with Crippen molar-refractivity contribution in [2.24, 2.45) is 0 Å². The Hall–Kier alpha value is -2.63. The molecule has 0 aliphatic heterocycles. The van der Waals surface area contributed by atoms with E-state index in [1.807, 2.05) is 31.2 Å². The van der Waals surface area contributed by atoms with E-state index in [2.05, 4.69) is 20.6 Å². The highest BCUT2D eigenvalue weighted by Gasteiger charge is 2.16. The molecule has 1 heterocycles. The molecule has 0 atom stereocenters. The summed E-state index contributed by atoms with van der Waals surface area (Å²) in [6, 6.07) is 9.97. The number of nitrogens with one attached hydrogen (secondary N) is 2. The van der Waals surface area contributed by atoms with Gasteiger partial charge < -0.3 is 15.4 Å². The van der Waals surface area contributed by atoms with Gasteiger partial charge >= 0.3 is 0 Å². The molecular weight excluding hydrogens is 340 g/mol. The molecular formula is C21H28N4O2. The summed E-state index contributed by atoms with van der Waals surface area (Å²) in [5.41, 5.74) is 2.26. The molecule has 1 saturated carbocycles. The predicted molar refractivity (Wildman–Crippen MR) is 106 cm³/mol. The van der Waals surface area contributed by atoms with Gasteiger partial charge in [-0.3, -0.25) is 4.79 Å². The molecule has 1 aromatic carbocycles. The van der Waals surface area contributed by atoms with E-state index in [1.165, 1.54) is 19.3 Å². The van der Waals surface area contributed by atoms with Gasteiger partial charge in [-0.15, -0.1) is 0 Å². The number of carbonyl (C=O) groups excluding carboxylic acids is 1. The Morgan fingerprint density at radius 1 is 1.19 bits per heavy atom. The zero-order valence-electron chi connectivity index (χ0n) is 16.1. The fourth-order valence-corrected chi connectivity index (χ4v) is 3.49. The van der Waals surface area contributed by atoms with Crippen molar-refractivity contribution in [2.45, 2.75) is 51.5 Å². The Bertz CT molecular complexity index is 773. The van der Waals surface area contributed by atoms with Crippen LogP contribution in [0.25, 0.3) is 0 Å². The third kappa shape index (κ3) is 5.42. The van der Waals surface area contributed by atoms with Crippen LogP contribution in [0.2, 0.25) is 0 Å². The van der Waals surface area contributed by atoms with Crippen molar-refractivity contribution in [3.05, 3.63) is 47.3 Å². The van der Waals surface area contributed by atoms with Gasteiger partial charge in [-0.25, -0.2) is 9.97 Å². The maximum absolute atomic E-state index is 12.5. The van der Waals surface area contributed by atoms with E-state index in [0.717, 1.165) is 29.8 Å². The number of rotatable bonds is 7. The van der Waals surface area contributed by atoms with Crippen LogP contribution in [-0.4, -0.2) is 35.6 Å². The Morgan fingerprint density at radius 2 is 1.96 bits per heavy atom. The van der Waals surface area contributed by atoms with Gasteiger partial charge in [0.25, 0.3) is 5.91 Å². The first-order chi connectivity index (χ1) is 13.2. The second kappa shape index (κ2) is 9.35. The summed E-state index contributed by atoms with van der Waals surface area (Å²) in [5, 5.41) is 6.34. The number of methoxy groups -OCH3 is 1. The Balaban J connectivity index is 1.58. The zero-order valence-corrected chi connectivity index (χ0v) is 16.1. The van der Waals surface area contributed by atoms with E-state index >= 15 is 0 Å². The SMILES string of the molecule is COc1ccccc1CCNC(=O)c1cc(C)nc(NC2CCCCC2)n1. The highest BCUT2D eigenvalue weighted by molar-refractivity contribution is 5.92. The number of hydrogen-bond acceptors (Lipinski definition) is 5. The van der Waals surface area contributed by atoms with Crippen LogP contribution >= 0.6 is 0 Å². The summed E-state index contributed by atoms with van der Waals surface area (Å²) in [4.78, 5) is 21.4. The molecule has 1 aliphatic rings. The smallest absolute Gasteiger partial charge is 0.270 e. The fourth-order valence-electron chi connectivity index (χ4n) is 3.49. The Kier molecular flexibility index (Phi) is 6.63. The molecule has 0 saturated heterocycles. The van der Waals surface area contributed by atoms with Crippen LogP contribution in [0, 0.1) is 6.92 Å². The standard InChI is InChI=1S/C21H28N4O2/c1-15-14-18(25-21(23-15)24-17-9-4-3-5-10-17)20(26)22-13-12-16-8-6-7-11-19(16)27-2/h6-8,11,14,17H,3-5,9-10,12-13H2,1-2H3,(H,22,26)(H,23,24,25). The van der Waals surface area contributed by atoms with Gasteiger partial charge in [0.2, 0.25) is 5.95 Å². The third-order valence-corrected chi connectivity index (χ3v) is 4.90. The molecule has 0 unspecified atom stereocenters. The van der Waals surface area contributed by atoms with E-state index in [4.69, 9.17) is 4.74 Å². The quantitative estimate of drug-likeness (QED) is 0.782. The van der Waals surface area contributed by atoms with Gasteiger partial charge in [-0.2, -0.15) is 0 Å². The predicted octanol–water partition coefficient (Wildman–Crippen LogP) is 3.51. The molecule has 2 aromatic rings. The Morgan fingerprint density at radius 3 is 2.74 bits per heavy atom. The highest BCUT2D eigenvalue weighted by Crippen LogP contribution is 2.20. The summed E-state index contributed by atoms with van der Waals surface area (Å²) in [6.45, 7) is 2.41. The van der Waals surface area contributed by atoms with Crippen molar-refractivity contribution in [2.75, 3.05) is 19.0 Å². The summed E-state index contributed by atoms with van der Waals surface area (Å²) in [7, 11) is 1.65. The molecule has 0 radical (unpaired) electrons. The van der Waals surface area contributed by atoms with Gasteiger partial charge in [0.05, 0.1) is 7.11 Å². The number of para-hydroxylation sites is 1. The fraction of sp³-hybridized carbons (Fsp3) is 0.476. The Labute approximate surface area is 160 Å². The summed E-state index contributed by atoms with van der Waals surface area (Å²) in [5.74, 6) is 1.21. The average Bonchev–Trinajstić information content (AvgIpc) is 2.68. The van der Waals surface area contributed by atoms with Crippen molar-refractivity contribution in [1.29, 1.82) is 0 Å². The largest absolute Gasteiger partial charge is 0.496 e. The lowest BCUT2D eigenvalue weighted by Crippen LogP contribution is -2.28. The third-order valence-electron chi connectivity index (χ3n) is 4.90. The minimum Gasteiger partial charge on any atom is -0.496 e. The lowest BCUT2D eigenvalue weighted by atomic mass is 9.96. The lowest BCUT2D eigenvalue weighted by molar-refractivity contribution is 0.0949. The van der Waals surface area contributed by atoms with E-state index in [9.17, 15) is 4.79 Å². The number of ether oxygens (including phenoxy) is 1. The molecule has 1 aliphatic carbocycles. The second-order valence-corrected chi connectivity index (χ2v) is 7.02. The number of amides is 1. The number of nitrogens with zero attached hydrogens (tertiary/aromatic N) is 2. The van der Waals surface area contributed by atoms with Crippen molar-refractivity contribution in [3.8, 4) is 5.75 Å². The van der Waals surface area contributed by atoms with Crippen molar-refractivity contribution in [1.82, 2.24) is 15.3 Å². The molecule has 1 amide bonds. The zero-order chi connectivity index (χ0) is 19.1. The van der Waals surface area contributed by atoms with Crippen LogP contribution < -0.4 is 15.4 Å². The molecule has 0 spiro atoms. The molecule has 3 rings (SSSR count). The lowest BCUT2D eigenvalue weighted by Gasteiger charge is -2.23. The molecule has 144 valence electrons. The number of aromatic nitrogens is 2. The van der Waals surface area contributed by atoms with Crippen LogP contribution in [-0.2, 0) is 6.42 Å². The first-order valence-electron chi connectivity index (χ1n) is 9.68.